The Labute approximate surface area is 79.9 Å². The molecule has 1 unspecified atom stereocenters. The molecule has 3 nitrogen and oxygen atoms in total. The Morgan fingerprint density at radius 3 is 2.85 bits per heavy atom. The summed E-state index contributed by atoms with van der Waals surface area (Å²) >= 11 is 0. The molecule has 1 atom stereocenters. The molecule has 0 spiro atoms. The molecule has 0 saturated heterocycles. The third-order valence-corrected chi connectivity index (χ3v) is 2.34. The summed E-state index contributed by atoms with van der Waals surface area (Å²) in [6.07, 6.45) is 7.47. The van der Waals surface area contributed by atoms with E-state index in [4.69, 9.17) is 5.73 Å². The molecule has 74 valence electrons. The van der Waals surface area contributed by atoms with Crippen molar-refractivity contribution in [3.63, 3.8) is 0 Å². The Kier molecular flexibility index (Phi) is 3.96. The minimum Gasteiger partial charge on any atom is -0.330 e. The fourth-order valence-corrected chi connectivity index (χ4v) is 1.44. The van der Waals surface area contributed by atoms with Crippen LogP contribution in [0.3, 0.4) is 0 Å². The van der Waals surface area contributed by atoms with Crippen molar-refractivity contribution in [2.75, 3.05) is 6.54 Å². The fourth-order valence-electron chi connectivity index (χ4n) is 1.44. The van der Waals surface area contributed by atoms with Crippen molar-refractivity contribution in [3.8, 4) is 0 Å². The van der Waals surface area contributed by atoms with E-state index < -0.39 is 0 Å². The normalized spacial score (nSPS) is 13.2. The van der Waals surface area contributed by atoms with Gasteiger partial charge in [0.2, 0.25) is 0 Å². The van der Waals surface area contributed by atoms with Crippen molar-refractivity contribution in [1.29, 1.82) is 0 Å². The van der Waals surface area contributed by atoms with Crippen molar-refractivity contribution in [2.24, 2.45) is 18.7 Å². The Hall–Kier alpha value is -0.830. The third kappa shape index (κ3) is 3.59. The molecule has 1 aromatic heterocycles. The lowest BCUT2D eigenvalue weighted by Gasteiger charge is -2.07. The lowest BCUT2D eigenvalue weighted by molar-refractivity contribution is 0.499. The highest BCUT2D eigenvalue weighted by molar-refractivity contribution is 5.03. The number of hydrogen-bond acceptors (Lipinski definition) is 2. The average molecular weight is 181 g/mol. The molecule has 0 aliphatic carbocycles. The summed E-state index contributed by atoms with van der Waals surface area (Å²) in [6, 6.07) is 0. The van der Waals surface area contributed by atoms with E-state index in [-0.39, 0.29) is 0 Å². The SMILES string of the molecule is CC(CCN)CCc1cnn(C)c1. The standard InChI is InChI=1S/C10H19N3/c1-9(5-6-11)3-4-10-7-12-13(2)8-10/h7-9H,3-6,11H2,1-2H3. The van der Waals surface area contributed by atoms with Crippen molar-refractivity contribution in [1.82, 2.24) is 9.78 Å². The molecule has 1 aromatic rings. The van der Waals surface area contributed by atoms with E-state index in [1.54, 1.807) is 0 Å². The van der Waals surface area contributed by atoms with Crippen LogP contribution in [0.15, 0.2) is 12.4 Å². The predicted molar refractivity (Wildman–Crippen MR) is 54.4 cm³/mol. The van der Waals surface area contributed by atoms with Crippen LogP contribution < -0.4 is 5.73 Å². The van der Waals surface area contributed by atoms with Crippen LogP contribution in [-0.4, -0.2) is 16.3 Å². The monoisotopic (exact) mass is 181 g/mol. The summed E-state index contributed by atoms with van der Waals surface area (Å²) in [7, 11) is 1.95. The molecule has 2 N–H and O–H groups in total. The van der Waals surface area contributed by atoms with Crippen LogP contribution in [0.25, 0.3) is 0 Å². The summed E-state index contributed by atoms with van der Waals surface area (Å²) < 4.78 is 1.85. The van der Waals surface area contributed by atoms with E-state index >= 15 is 0 Å². The van der Waals surface area contributed by atoms with E-state index in [2.05, 4.69) is 18.2 Å². The maximum absolute atomic E-state index is 5.49. The lowest BCUT2D eigenvalue weighted by atomic mass is 10.00. The molecule has 0 aromatic carbocycles. The van der Waals surface area contributed by atoms with E-state index in [0.717, 1.165) is 25.3 Å². The second-order valence-corrected chi connectivity index (χ2v) is 3.74. The molecule has 0 amide bonds. The molecular weight excluding hydrogens is 162 g/mol. The number of nitrogens with two attached hydrogens (primary N) is 1. The summed E-state index contributed by atoms with van der Waals surface area (Å²) in [5, 5.41) is 4.13. The van der Waals surface area contributed by atoms with Crippen molar-refractivity contribution >= 4 is 0 Å². The summed E-state index contributed by atoms with van der Waals surface area (Å²) in [6.45, 7) is 3.05. The van der Waals surface area contributed by atoms with Gasteiger partial charge in [-0.25, -0.2) is 0 Å². The van der Waals surface area contributed by atoms with Crippen molar-refractivity contribution in [3.05, 3.63) is 18.0 Å². The van der Waals surface area contributed by atoms with Crippen LogP contribution in [0.4, 0.5) is 0 Å². The molecule has 1 rings (SSSR count). The first-order valence-electron chi connectivity index (χ1n) is 4.90. The van der Waals surface area contributed by atoms with Gasteiger partial charge in [-0.2, -0.15) is 5.10 Å². The van der Waals surface area contributed by atoms with E-state index in [1.165, 1.54) is 12.0 Å². The van der Waals surface area contributed by atoms with E-state index in [1.807, 2.05) is 17.9 Å². The van der Waals surface area contributed by atoms with Crippen LogP contribution >= 0.6 is 0 Å². The van der Waals surface area contributed by atoms with Gasteiger partial charge < -0.3 is 5.73 Å². The highest BCUT2D eigenvalue weighted by atomic mass is 15.2. The minimum absolute atomic E-state index is 0.727. The smallest absolute Gasteiger partial charge is 0.0521 e. The maximum atomic E-state index is 5.49. The van der Waals surface area contributed by atoms with Gasteiger partial charge in [-0.05, 0) is 37.3 Å². The first kappa shape index (κ1) is 10.3. The van der Waals surface area contributed by atoms with Gasteiger partial charge in [0.1, 0.15) is 0 Å². The zero-order valence-corrected chi connectivity index (χ0v) is 8.53. The molecule has 0 aliphatic rings. The van der Waals surface area contributed by atoms with Gasteiger partial charge in [-0.1, -0.05) is 6.92 Å². The second-order valence-electron chi connectivity index (χ2n) is 3.74. The zero-order chi connectivity index (χ0) is 9.68. The topological polar surface area (TPSA) is 43.8 Å². The van der Waals surface area contributed by atoms with Crippen LogP contribution in [0.2, 0.25) is 0 Å². The summed E-state index contributed by atoms with van der Waals surface area (Å²) in [5.41, 5.74) is 6.81. The molecule has 1 heterocycles. The molecule has 13 heavy (non-hydrogen) atoms. The molecule has 0 saturated carbocycles. The van der Waals surface area contributed by atoms with Crippen LogP contribution in [0.5, 0.6) is 0 Å². The van der Waals surface area contributed by atoms with Gasteiger partial charge in [0, 0.05) is 13.2 Å². The fraction of sp³-hybridized carbons (Fsp3) is 0.700. The number of nitrogens with zero attached hydrogens (tertiary/aromatic N) is 2. The highest BCUT2D eigenvalue weighted by Gasteiger charge is 2.02. The van der Waals surface area contributed by atoms with Crippen LogP contribution in [0, 0.1) is 5.92 Å². The maximum Gasteiger partial charge on any atom is 0.0521 e. The van der Waals surface area contributed by atoms with Gasteiger partial charge >= 0.3 is 0 Å². The first-order chi connectivity index (χ1) is 6.22. The zero-order valence-electron chi connectivity index (χ0n) is 8.53. The molecule has 0 bridgehead atoms. The Morgan fingerprint density at radius 1 is 1.54 bits per heavy atom. The lowest BCUT2D eigenvalue weighted by Crippen LogP contribution is -2.06. The largest absolute Gasteiger partial charge is 0.330 e. The van der Waals surface area contributed by atoms with Gasteiger partial charge in [-0.15, -0.1) is 0 Å². The first-order valence-corrected chi connectivity index (χ1v) is 4.90. The third-order valence-electron chi connectivity index (χ3n) is 2.34. The van der Waals surface area contributed by atoms with Gasteiger partial charge in [0.15, 0.2) is 0 Å². The van der Waals surface area contributed by atoms with E-state index in [9.17, 15) is 0 Å². The molecular formula is C10H19N3. The summed E-state index contributed by atoms with van der Waals surface area (Å²) in [4.78, 5) is 0. The Bertz CT molecular complexity index is 242. The molecule has 0 fully saturated rings. The average Bonchev–Trinajstić information content (AvgIpc) is 2.49. The Morgan fingerprint density at radius 2 is 2.31 bits per heavy atom. The van der Waals surface area contributed by atoms with Gasteiger partial charge in [-0.3, -0.25) is 4.68 Å². The van der Waals surface area contributed by atoms with Crippen LogP contribution in [0.1, 0.15) is 25.3 Å². The second kappa shape index (κ2) is 5.02. The Balaban J connectivity index is 2.26. The predicted octanol–water partition coefficient (Wildman–Crippen LogP) is 1.34. The number of rotatable bonds is 5. The molecule has 3 heteroatoms. The number of aromatic nitrogens is 2. The van der Waals surface area contributed by atoms with E-state index in [0.29, 0.717) is 0 Å². The van der Waals surface area contributed by atoms with Gasteiger partial charge in [0.05, 0.1) is 6.20 Å². The highest BCUT2D eigenvalue weighted by Crippen LogP contribution is 2.11. The minimum atomic E-state index is 0.727. The molecule has 0 radical (unpaired) electrons. The van der Waals surface area contributed by atoms with Crippen LogP contribution in [-0.2, 0) is 13.5 Å². The quantitative estimate of drug-likeness (QED) is 0.745. The van der Waals surface area contributed by atoms with Crippen molar-refractivity contribution in [2.45, 2.75) is 26.2 Å². The summed E-state index contributed by atoms with van der Waals surface area (Å²) in [5.74, 6) is 0.727. The number of aryl methyl sites for hydroxylation is 2. The van der Waals surface area contributed by atoms with Gasteiger partial charge in [0.25, 0.3) is 0 Å². The number of hydrogen-bond donors (Lipinski definition) is 1. The van der Waals surface area contributed by atoms with Crippen molar-refractivity contribution < 1.29 is 0 Å². The molecule has 0 aliphatic heterocycles.